The fourth-order valence-corrected chi connectivity index (χ4v) is 2.48. The van der Waals surface area contributed by atoms with Crippen molar-refractivity contribution >= 4 is 5.84 Å². The number of hydrogen-bond donors (Lipinski definition) is 1. The van der Waals surface area contributed by atoms with E-state index in [1.165, 1.54) is 22.3 Å². The van der Waals surface area contributed by atoms with Gasteiger partial charge in [-0.1, -0.05) is 48.5 Å². The van der Waals surface area contributed by atoms with Crippen LogP contribution >= 0.6 is 0 Å². The summed E-state index contributed by atoms with van der Waals surface area (Å²) in [6.45, 7) is 3.86. The lowest BCUT2D eigenvalue weighted by Gasteiger charge is -2.18. The van der Waals surface area contributed by atoms with Crippen molar-refractivity contribution in [2.24, 2.45) is 4.99 Å². The topological polar surface area (TPSA) is 24.4 Å². The van der Waals surface area contributed by atoms with Crippen LogP contribution in [-0.4, -0.2) is 12.4 Å². The third-order valence-electron chi connectivity index (χ3n) is 3.63. The van der Waals surface area contributed by atoms with Crippen LogP contribution in [0.1, 0.15) is 22.3 Å². The summed E-state index contributed by atoms with van der Waals surface area (Å²) < 4.78 is 0. The van der Waals surface area contributed by atoms with Gasteiger partial charge in [-0.2, -0.15) is 0 Å². The molecule has 0 spiro atoms. The van der Waals surface area contributed by atoms with E-state index < -0.39 is 0 Å². The van der Waals surface area contributed by atoms with Crippen LogP contribution in [0, 0.1) is 6.92 Å². The molecule has 0 saturated carbocycles. The lowest BCUT2D eigenvalue weighted by molar-refractivity contribution is 0.858. The van der Waals surface area contributed by atoms with Crippen molar-refractivity contribution in [3.8, 4) is 0 Å². The molecule has 1 aliphatic rings. The molecule has 2 nitrogen and oxygen atoms in total. The largest absolute Gasteiger partial charge is 0.366 e. The van der Waals surface area contributed by atoms with Crippen molar-refractivity contribution in [2.45, 2.75) is 19.9 Å². The van der Waals surface area contributed by atoms with Crippen LogP contribution in [0.5, 0.6) is 0 Å². The molecule has 0 saturated heterocycles. The Morgan fingerprint density at radius 2 is 1.84 bits per heavy atom. The average molecular weight is 250 g/mol. The fraction of sp³-hybridized carbons (Fsp3) is 0.235. The van der Waals surface area contributed by atoms with E-state index in [9.17, 15) is 0 Å². The summed E-state index contributed by atoms with van der Waals surface area (Å²) in [7, 11) is 0. The van der Waals surface area contributed by atoms with Crippen LogP contribution in [0.25, 0.3) is 0 Å². The summed E-state index contributed by atoms with van der Waals surface area (Å²) in [5, 5.41) is 3.48. The van der Waals surface area contributed by atoms with Crippen LogP contribution in [0.15, 0.2) is 53.5 Å². The number of amidine groups is 1. The molecule has 1 aliphatic heterocycles. The minimum Gasteiger partial charge on any atom is -0.366 e. The van der Waals surface area contributed by atoms with Crippen molar-refractivity contribution in [1.29, 1.82) is 0 Å². The highest BCUT2D eigenvalue weighted by Crippen LogP contribution is 2.15. The van der Waals surface area contributed by atoms with Gasteiger partial charge in [0.1, 0.15) is 5.84 Å². The first-order valence-electron chi connectivity index (χ1n) is 6.76. The summed E-state index contributed by atoms with van der Waals surface area (Å²) in [5.41, 5.74) is 5.29. The van der Waals surface area contributed by atoms with Gasteiger partial charge in [-0.05, 0) is 30.0 Å². The Morgan fingerprint density at radius 1 is 1.05 bits per heavy atom. The number of nitrogens with zero attached hydrogens (tertiary/aromatic N) is 1. The van der Waals surface area contributed by atoms with E-state index in [1.54, 1.807) is 0 Å². The number of hydrogen-bond acceptors (Lipinski definition) is 2. The summed E-state index contributed by atoms with van der Waals surface area (Å²) in [6, 6.07) is 17.0. The van der Waals surface area contributed by atoms with Crippen LogP contribution in [0.2, 0.25) is 0 Å². The van der Waals surface area contributed by atoms with Crippen molar-refractivity contribution in [3.05, 3.63) is 70.8 Å². The maximum absolute atomic E-state index is 4.62. The maximum Gasteiger partial charge on any atom is 0.128 e. The van der Waals surface area contributed by atoms with Gasteiger partial charge in [-0.3, -0.25) is 4.99 Å². The minimum absolute atomic E-state index is 0.833. The molecule has 0 unspecified atom stereocenters. The molecule has 19 heavy (non-hydrogen) atoms. The average Bonchev–Trinajstić information content (AvgIpc) is 2.46. The molecule has 0 aromatic heterocycles. The molecular formula is C17H18N2. The van der Waals surface area contributed by atoms with E-state index >= 15 is 0 Å². The van der Waals surface area contributed by atoms with Crippen LogP contribution in [0.4, 0.5) is 0 Å². The highest BCUT2D eigenvalue weighted by molar-refractivity contribution is 6.00. The molecule has 2 aromatic carbocycles. The van der Waals surface area contributed by atoms with Crippen molar-refractivity contribution in [3.63, 3.8) is 0 Å². The van der Waals surface area contributed by atoms with Crippen LogP contribution in [-0.2, 0) is 13.0 Å². The molecule has 0 fully saturated rings. The number of rotatable bonds is 2. The summed E-state index contributed by atoms with van der Waals surface area (Å²) in [6.07, 6.45) is 1.05. The third-order valence-corrected chi connectivity index (χ3v) is 3.63. The van der Waals surface area contributed by atoms with Crippen LogP contribution in [0.3, 0.4) is 0 Å². The number of nitrogens with one attached hydrogen (secondary N) is 1. The predicted molar refractivity (Wildman–Crippen MR) is 79.6 cm³/mol. The Balaban J connectivity index is 1.78. The van der Waals surface area contributed by atoms with Gasteiger partial charge in [0.25, 0.3) is 0 Å². The van der Waals surface area contributed by atoms with Gasteiger partial charge < -0.3 is 5.32 Å². The monoisotopic (exact) mass is 250 g/mol. The third kappa shape index (κ3) is 2.53. The molecule has 0 atom stereocenters. The van der Waals surface area contributed by atoms with Crippen molar-refractivity contribution in [2.75, 3.05) is 6.54 Å². The van der Waals surface area contributed by atoms with Gasteiger partial charge in [-0.15, -0.1) is 0 Å². The number of fused-ring (bicyclic) bond motifs is 1. The van der Waals surface area contributed by atoms with E-state index in [0.717, 1.165) is 25.3 Å². The van der Waals surface area contributed by atoms with Gasteiger partial charge in [0.2, 0.25) is 0 Å². The van der Waals surface area contributed by atoms with Gasteiger partial charge in [0.15, 0.2) is 0 Å². The Bertz CT molecular complexity index is 614. The molecule has 3 rings (SSSR count). The van der Waals surface area contributed by atoms with E-state index in [1.807, 2.05) is 0 Å². The molecular weight excluding hydrogens is 232 g/mol. The lowest BCUT2D eigenvalue weighted by Crippen LogP contribution is -2.28. The van der Waals surface area contributed by atoms with E-state index in [2.05, 4.69) is 65.8 Å². The molecule has 0 bridgehead atoms. The first kappa shape index (κ1) is 12.0. The second-order valence-corrected chi connectivity index (χ2v) is 4.92. The summed E-state index contributed by atoms with van der Waals surface area (Å²) in [5.74, 6) is 1.03. The van der Waals surface area contributed by atoms with Gasteiger partial charge in [0.05, 0.1) is 0 Å². The highest BCUT2D eigenvalue weighted by atomic mass is 15.0. The second kappa shape index (κ2) is 5.27. The number of aryl methyl sites for hydroxylation is 1. The van der Waals surface area contributed by atoms with Gasteiger partial charge in [0, 0.05) is 18.7 Å². The summed E-state index contributed by atoms with van der Waals surface area (Å²) in [4.78, 5) is 4.62. The van der Waals surface area contributed by atoms with Gasteiger partial charge >= 0.3 is 0 Å². The standard InChI is InChI=1S/C17H18N2/c1-13-6-2-3-8-15(13)12-19-17-16-9-5-4-7-14(16)10-11-18-17/h2-9H,10-12H2,1H3,(H,18,19). The van der Waals surface area contributed by atoms with E-state index in [-0.39, 0.29) is 0 Å². The molecule has 2 aromatic rings. The molecule has 96 valence electrons. The second-order valence-electron chi connectivity index (χ2n) is 4.92. The highest BCUT2D eigenvalue weighted by Gasteiger charge is 2.12. The molecule has 0 radical (unpaired) electrons. The van der Waals surface area contributed by atoms with Crippen molar-refractivity contribution < 1.29 is 0 Å². The zero-order valence-electron chi connectivity index (χ0n) is 11.2. The first-order valence-corrected chi connectivity index (χ1v) is 6.76. The van der Waals surface area contributed by atoms with Gasteiger partial charge in [-0.25, -0.2) is 0 Å². The van der Waals surface area contributed by atoms with Crippen LogP contribution < -0.4 is 5.32 Å². The molecule has 0 aliphatic carbocycles. The molecule has 1 N–H and O–H groups in total. The fourth-order valence-electron chi connectivity index (χ4n) is 2.48. The number of aliphatic imine (C=N–C) groups is 1. The summed E-state index contributed by atoms with van der Waals surface area (Å²) >= 11 is 0. The molecule has 2 heteroatoms. The zero-order chi connectivity index (χ0) is 13.1. The zero-order valence-corrected chi connectivity index (χ0v) is 11.2. The Morgan fingerprint density at radius 3 is 2.74 bits per heavy atom. The SMILES string of the molecule is Cc1ccccc1CNC1=NCCc2ccccc21. The quantitative estimate of drug-likeness (QED) is 0.870. The van der Waals surface area contributed by atoms with E-state index in [0.29, 0.717) is 0 Å². The molecule has 0 amide bonds. The smallest absolute Gasteiger partial charge is 0.128 e. The Kier molecular flexibility index (Phi) is 3.32. The van der Waals surface area contributed by atoms with E-state index in [4.69, 9.17) is 0 Å². The normalized spacial score (nSPS) is 13.6. The minimum atomic E-state index is 0.833. The predicted octanol–water partition coefficient (Wildman–Crippen LogP) is 3.09. The lowest BCUT2D eigenvalue weighted by atomic mass is 10.0. The maximum atomic E-state index is 4.62. The van der Waals surface area contributed by atoms with Crippen molar-refractivity contribution in [1.82, 2.24) is 5.32 Å². The first-order chi connectivity index (χ1) is 9.34. The molecule has 1 heterocycles. The Labute approximate surface area is 114 Å². The Hall–Kier alpha value is -2.09. The number of benzene rings is 2.